The zero-order valence-corrected chi connectivity index (χ0v) is 27.2. The third kappa shape index (κ3) is 10.7. The average molecular weight is 619 g/mol. The molecule has 0 bridgehead atoms. The summed E-state index contributed by atoms with van der Waals surface area (Å²) in [6.45, 7) is 7.39. The minimum atomic E-state index is -0.213. The molecule has 1 heterocycles. The van der Waals surface area contributed by atoms with Crippen molar-refractivity contribution in [2.75, 3.05) is 26.8 Å². The van der Waals surface area contributed by atoms with Gasteiger partial charge in [-0.3, -0.25) is 9.69 Å². The summed E-state index contributed by atoms with van der Waals surface area (Å²) in [5.41, 5.74) is 4.96. The summed E-state index contributed by atoms with van der Waals surface area (Å²) in [5.74, 6) is 1.12. The van der Waals surface area contributed by atoms with Crippen LogP contribution in [0.25, 0.3) is 0 Å². The molecule has 0 radical (unpaired) electrons. The number of rotatable bonds is 16. The lowest BCUT2D eigenvalue weighted by molar-refractivity contribution is -0.147. The van der Waals surface area contributed by atoms with Crippen LogP contribution in [0.15, 0.2) is 78.0 Å². The molecule has 1 fully saturated rings. The lowest BCUT2D eigenvalue weighted by Crippen LogP contribution is -2.35. The van der Waals surface area contributed by atoms with E-state index in [1.165, 1.54) is 38.2 Å². The van der Waals surface area contributed by atoms with Crippen molar-refractivity contribution in [1.29, 1.82) is 0 Å². The molecular weight excluding hydrogens is 572 g/mol. The Kier molecular flexibility index (Phi) is 13.6. The number of piperidine rings is 1. The van der Waals surface area contributed by atoms with E-state index in [0.29, 0.717) is 17.5 Å². The Bertz CT molecular complexity index is 1340. The highest BCUT2D eigenvalue weighted by atomic mass is 35.5. The molecule has 7 heteroatoms. The quantitative estimate of drug-likeness (QED) is 0.0694. The van der Waals surface area contributed by atoms with Crippen molar-refractivity contribution in [3.05, 3.63) is 100 Å². The van der Waals surface area contributed by atoms with E-state index in [-0.39, 0.29) is 12.1 Å². The van der Waals surface area contributed by atoms with Crippen molar-refractivity contribution in [3.63, 3.8) is 0 Å². The number of carbonyl (C=O) groups excluding carboxylic acids is 1. The van der Waals surface area contributed by atoms with Gasteiger partial charge in [0.05, 0.1) is 6.61 Å². The second-order valence-corrected chi connectivity index (χ2v) is 12.2. The predicted octanol–water partition coefficient (Wildman–Crippen LogP) is 8.99. The van der Waals surface area contributed by atoms with Gasteiger partial charge in [-0.2, -0.15) is 0 Å². The van der Waals surface area contributed by atoms with E-state index >= 15 is 0 Å². The van der Waals surface area contributed by atoms with Crippen molar-refractivity contribution in [2.24, 2.45) is 11.1 Å². The minimum absolute atomic E-state index is 0.168. The average Bonchev–Trinajstić information content (AvgIpc) is 3.03. The smallest absolute Gasteiger partial charge is 0.303 e. The lowest BCUT2D eigenvalue weighted by atomic mass is 9.96. The van der Waals surface area contributed by atoms with Crippen LogP contribution in [0.5, 0.6) is 5.75 Å². The van der Waals surface area contributed by atoms with Crippen LogP contribution in [-0.4, -0.2) is 43.4 Å². The first-order valence-electron chi connectivity index (χ1n) is 16.0. The number of nitrogens with zero attached hydrogens (tertiary/aromatic N) is 2. The third-order valence-electron chi connectivity index (χ3n) is 8.21. The van der Waals surface area contributed by atoms with E-state index < -0.39 is 0 Å². The van der Waals surface area contributed by atoms with Gasteiger partial charge in [0, 0.05) is 29.6 Å². The molecule has 1 saturated heterocycles. The van der Waals surface area contributed by atoms with Gasteiger partial charge in [0.25, 0.3) is 0 Å². The van der Waals surface area contributed by atoms with E-state index in [1.54, 1.807) is 7.11 Å². The zero-order valence-electron chi connectivity index (χ0n) is 26.5. The normalized spacial score (nSPS) is 15.1. The Labute approximate surface area is 268 Å². The molecule has 0 saturated carbocycles. The number of likely N-dealkylation sites (tertiary alicyclic amines) is 1. The van der Waals surface area contributed by atoms with Crippen molar-refractivity contribution in [2.45, 2.75) is 77.9 Å². The summed E-state index contributed by atoms with van der Waals surface area (Å²) in [6.07, 6.45) is 8.88. The van der Waals surface area contributed by atoms with Gasteiger partial charge >= 0.3 is 5.97 Å². The standard InChI is InChI=1S/C37H47ClN2O4/c1-4-5-6-7-8-15-36(44-28(2)41)32-12-9-11-30(24-32)26-40-22-20-29(21-23-40)27-43-35-14-10-13-33(25-35)37(39-42-3)31-16-18-34(38)19-17-31/h9-14,16-19,24-25,29,36H,4-8,15,20-23,26-27H2,1-3H3/b39-37+/t36-/m1/s1. The number of ether oxygens (including phenoxy) is 2. The van der Waals surface area contributed by atoms with Crippen LogP contribution in [0, 0.1) is 5.92 Å². The number of unbranched alkanes of at least 4 members (excludes halogenated alkanes) is 4. The number of hydrogen-bond acceptors (Lipinski definition) is 6. The number of benzene rings is 3. The predicted molar refractivity (Wildman–Crippen MR) is 178 cm³/mol. The van der Waals surface area contributed by atoms with Gasteiger partial charge in [-0.25, -0.2) is 0 Å². The molecule has 0 amide bonds. The Morgan fingerprint density at radius 1 is 0.955 bits per heavy atom. The second-order valence-electron chi connectivity index (χ2n) is 11.7. The molecule has 44 heavy (non-hydrogen) atoms. The summed E-state index contributed by atoms with van der Waals surface area (Å²) in [7, 11) is 1.55. The maximum atomic E-state index is 11.8. The van der Waals surface area contributed by atoms with Gasteiger partial charge in [0.1, 0.15) is 24.7 Å². The molecule has 4 rings (SSSR count). The molecule has 0 aromatic heterocycles. The molecule has 1 atom stereocenters. The van der Waals surface area contributed by atoms with Gasteiger partial charge in [-0.15, -0.1) is 0 Å². The molecule has 236 valence electrons. The Morgan fingerprint density at radius 2 is 1.70 bits per heavy atom. The Morgan fingerprint density at radius 3 is 2.43 bits per heavy atom. The number of hydrogen-bond donors (Lipinski definition) is 0. The van der Waals surface area contributed by atoms with Crippen LogP contribution < -0.4 is 4.74 Å². The van der Waals surface area contributed by atoms with E-state index in [0.717, 1.165) is 73.5 Å². The Balaban J connectivity index is 1.28. The van der Waals surface area contributed by atoms with E-state index in [2.05, 4.69) is 41.2 Å². The molecule has 0 spiro atoms. The van der Waals surface area contributed by atoms with Gasteiger partial charge in [-0.05, 0) is 80.1 Å². The van der Waals surface area contributed by atoms with Gasteiger partial charge in [0.2, 0.25) is 0 Å². The monoisotopic (exact) mass is 618 g/mol. The largest absolute Gasteiger partial charge is 0.493 e. The number of esters is 1. The number of oxime groups is 1. The first-order chi connectivity index (χ1) is 21.4. The summed E-state index contributed by atoms with van der Waals surface area (Å²) in [6, 6.07) is 24.2. The first-order valence-corrected chi connectivity index (χ1v) is 16.4. The fourth-order valence-corrected chi connectivity index (χ4v) is 5.93. The number of halogens is 1. The molecular formula is C37H47ClN2O4. The molecule has 1 aliphatic heterocycles. The van der Waals surface area contributed by atoms with Crippen LogP contribution in [0.1, 0.15) is 93.6 Å². The third-order valence-corrected chi connectivity index (χ3v) is 8.46. The van der Waals surface area contributed by atoms with Crippen LogP contribution in [0.4, 0.5) is 0 Å². The summed E-state index contributed by atoms with van der Waals surface area (Å²) in [5, 5.41) is 4.95. The topological polar surface area (TPSA) is 60.4 Å². The highest BCUT2D eigenvalue weighted by molar-refractivity contribution is 6.30. The minimum Gasteiger partial charge on any atom is -0.493 e. The van der Waals surface area contributed by atoms with E-state index in [4.69, 9.17) is 25.9 Å². The van der Waals surface area contributed by atoms with Crippen molar-refractivity contribution >= 4 is 23.3 Å². The van der Waals surface area contributed by atoms with Crippen molar-refractivity contribution < 1.29 is 19.1 Å². The SMILES string of the molecule is CCCCCCC[C@@H](OC(C)=O)c1cccc(CN2CCC(COc3cccc(/C(=N/OC)c4ccc(Cl)cc4)c3)CC2)c1. The fraction of sp³-hybridized carbons (Fsp3) is 0.459. The Hall–Kier alpha value is -3.35. The van der Waals surface area contributed by atoms with Crippen LogP contribution in [0.2, 0.25) is 5.02 Å². The molecule has 0 unspecified atom stereocenters. The van der Waals surface area contributed by atoms with Crippen LogP contribution >= 0.6 is 11.6 Å². The van der Waals surface area contributed by atoms with Crippen LogP contribution in [-0.2, 0) is 20.9 Å². The summed E-state index contributed by atoms with van der Waals surface area (Å²) in [4.78, 5) is 19.5. The summed E-state index contributed by atoms with van der Waals surface area (Å²) >= 11 is 6.08. The molecule has 0 N–H and O–H groups in total. The second kappa shape index (κ2) is 17.8. The van der Waals surface area contributed by atoms with Gasteiger partial charge < -0.3 is 14.3 Å². The highest BCUT2D eigenvalue weighted by Crippen LogP contribution is 2.27. The molecule has 6 nitrogen and oxygen atoms in total. The number of carbonyl (C=O) groups is 1. The van der Waals surface area contributed by atoms with Crippen molar-refractivity contribution in [1.82, 2.24) is 4.90 Å². The first kappa shape index (κ1) is 33.5. The van der Waals surface area contributed by atoms with E-state index in [9.17, 15) is 4.79 Å². The van der Waals surface area contributed by atoms with E-state index in [1.807, 2.05) is 48.5 Å². The molecule has 3 aromatic rings. The summed E-state index contributed by atoms with van der Waals surface area (Å²) < 4.78 is 12.0. The molecule has 0 aliphatic carbocycles. The van der Waals surface area contributed by atoms with Gasteiger partial charge in [0.15, 0.2) is 0 Å². The molecule has 1 aliphatic rings. The lowest BCUT2D eigenvalue weighted by Gasteiger charge is -2.32. The highest BCUT2D eigenvalue weighted by Gasteiger charge is 2.21. The maximum absolute atomic E-state index is 11.8. The van der Waals surface area contributed by atoms with Gasteiger partial charge in [-0.1, -0.05) is 97.9 Å². The van der Waals surface area contributed by atoms with Crippen molar-refractivity contribution in [3.8, 4) is 5.75 Å². The van der Waals surface area contributed by atoms with Crippen LogP contribution in [0.3, 0.4) is 0 Å². The fourth-order valence-electron chi connectivity index (χ4n) is 5.81. The maximum Gasteiger partial charge on any atom is 0.303 e. The molecule has 3 aromatic carbocycles. The zero-order chi connectivity index (χ0) is 31.1.